The highest BCUT2D eigenvalue weighted by molar-refractivity contribution is 6.31. The number of hydrogen-bond acceptors (Lipinski definition) is 3. The molecule has 0 radical (unpaired) electrons. The predicted octanol–water partition coefficient (Wildman–Crippen LogP) is 1.93. The van der Waals surface area contributed by atoms with Gasteiger partial charge in [0.2, 0.25) is 5.91 Å². The van der Waals surface area contributed by atoms with E-state index in [0.29, 0.717) is 16.5 Å². The van der Waals surface area contributed by atoms with E-state index in [1.54, 1.807) is 12.1 Å². The molecule has 0 aliphatic rings. The number of amides is 1. The Morgan fingerprint density at radius 2 is 2.12 bits per heavy atom. The quantitative estimate of drug-likeness (QED) is 0.806. The fraction of sp³-hybridized carbons (Fsp3) is 0.0909. The first kappa shape index (κ1) is 13.1. The first-order valence-corrected chi connectivity index (χ1v) is 4.96. The number of benzene rings is 1. The molecule has 6 heteroatoms. The van der Waals surface area contributed by atoms with Crippen LogP contribution >= 0.6 is 11.6 Å². The lowest BCUT2D eigenvalue weighted by atomic mass is 10.3. The third-order valence-corrected chi connectivity index (χ3v) is 2.03. The summed E-state index contributed by atoms with van der Waals surface area (Å²) < 4.78 is 5.01. The monoisotopic (exact) mass is 255 g/mol. The van der Waals surface area contributed by atoms with Gasteiger partial charge in [-0.1, -0.05) is 11.6 Å². The number of anilines is 1. The third-order valence-electron chi connectivity index (χ3n) is 1.80. The van der Waals surface area contributed by atoms with Gasteiger partial charge < -0.3 is 15.2 Å². The molecule has 1 rings (SSSR count). The number of carboxylic acid groups (broad SMARTS) is 1. The number of hydrogen-bond donors (Lipinski definition) is 2. The van der Waals surface area contributed by atoms with E-state index in [1.807, 2.05) is 0 Å². The van der Waals surface area contributed by atoms with Crippen LogP contribution in [0.3, 0.4) is 0 Å². The number of aliphatic carboxylic acids is 1. The number of carboxylic acids is 1. The number of carbonyl (C=O) groups is 2. The van der Waals surface area contributed by atoms with Gasteiger partial charge >= 0.3 is 5.97 Å². The third kappa shape index (κ3) is 4.16. The summed E-state index contributed by atoms with van der Waals surface area (Å²) in [4.78, 5) is 21.6. The molecule has 0 heterocycles. The minimum atomic E-state index is -1.20. The zero-order valence-corrected chi connectivity index (χ0v) is 9.69. The molecule has 2 N–H and O–H groups in total. The summed E-state index contributed by atoms with van der Waals surface area (Å²) in [6.07, 6.45) is 1.65. The highest BCUT2D eigenvalue weighted by atomic mass is 35.5. The van der Waals surface area contributed by atoms with Gasteiger partial charge in [-0.2, -0.15) is 0 Å². The van der Waals surface area contributed by atoms with E-state index in [-0.39, 0.29) is 0 Å². The molecule has 0 atom stereocenters. The summed E-state index contributed by atoms with van der Waals surface area (Å²) in [5, 5.41) is 11.3. The number of methoxy groups -OCH3 is 1. The molecule has 0 aliphatic heterocycles. The Morgan fingerprint density at radius 3 is 2.71 bits per heavy atom. The van der Waals surface area contributed by atoms with E-state index in [9.17, 15) is 9.59 Å². The Kier molecular flexibility index (Phi) is 4.54. The largest absolute Gasteiger partial charge is 0.495 e. The molecule has 0 unspecified atom stereocenters. The second kappa shape index (κ2) is 5.91. The van der Waals surface area contributed by atoms with Crippen molar-refractivity contribution in [1.29, 1.82) is 0 Å². The maximum Gasteiger partial charge on any atom is 0.328 e. The van der Waals surface area contributed by atoms with Crippen LogP contribution in [0.4, 0.5) is 5.69 Å². The normalized spacial score (nSPS) is 10.2. The van der Waals surface area contributed by atoms with Crippen molar-refractivity contribution in [2.75, 3.05) is 12.4 Å². The average molecular weight is 256 g/mol. The molecule has 0 aromatic heterocycles. The smallest absolute Gasteiger partial charge is 0.328 e. The number of carbonyl (C=O) groups excluding carboxylic acids is 1. The molecule has 1 aromatic carbocycles. The van der Waals surface area contributed by atoms with Crippen LogP contribution < -0.4 is 10.1 Å². The average Bonchev–Trinajstić information content (AvgIpc) is 2.27. The Bertz CT molecular complexity index is 471. The maximum atomic E-state index is 11.3. The molecule has 0 spiro atoms. The lowest BCUT2D eigenvalue weighted by molar-refractivity contribution is -0.131. The van der Waals surface area contributed by atoms with E-state index >= 15 is 0 Å². The predicted molar refractivity (Wildman–Crippen MR) is 63.4 cm³/mol. The number of ether oxygens (including phenoxy) is 1. The van der Waals surface area contributed by atoms with E-state index in [1.165, 1.54) is 13.2 Å². The van der Waals surface area contributed by atoms with Gasteiger partial charge in [0.15, 0.2) is 0 Å². The Labute approximate surface area is 103 Å². The number of halogens is 1. The fourth-order valence-electron chi connectivity index (χ4n) is 1.10. The summed E-state index contributed by atoms with van der Waals surface area (Å²) >= 11 is 5.77. The summed E-state index contributed by atoms with van der Waals surface area (Å²) in [5.74, 6) is -1.34. The summed E-state index contributed by atoms with van der Waals surface area (Å²) in [6.45, 7) is 0. The van der Waals surface area contributed by atoms with Crippen LogP contribution in [0.5, 0.6) is 5.75 Å². The molecule has 5 nitrogen and oxygen atoms in total. The number of nitrogens with one attached hydrogen (secondary N) is 1. The van der Waals surface area contributed by atoms with Crippen molar-refractivity contribution in [3.8, 4) is 5.75 Å². The molecule has 0 fully saturated rings. The molecule has 1 amide bonds. The SMILES string of the molecule is COc1ccc(Cl)cc1NC(=O)C=CC(=O)O. The Hall–Kier alpha value is -2.01. The van der Waals surface area contributed by atoms with Crippen molar-refractivity contribution in [2.45, 2.75) is 0 Å². The van der Waals surface area contributed by atoms with Crippen molar-refractivity contribution in [3.63, 3.8) is 0 Å². The molecular weight excluding hydrogens is 246 g/mol. The molecule has 90 valence electrons. The minimum Gasteiger partial charge on any atom is -0.495 e. The lowest BCUT2D eigenvalue weighted by Gasteiger charge is -2.08. The van der Waals surface area contributed by atoms with Gasteiger partial charge in [-0.25, -0.2) is 4.79 Å². The van der Waals surface area contributed by atoms with Gasteiger partial charge in [0.25, 0.3) is 0 Å². The van der Waals surface area contributed by atoms with Crippen LogP contribution in [-0.4, -0.2) is 24.1 Å². The summed E-state index contributed by atoms with van der Waals surface area (Å²) in [6, 6.07) is 4.72. The highest BCUT2D eigenvalue weighted by Gasteiger charge is 2.06. The van der Waals surface area contributed by atoms with Crippen LogP contribution in [0.1, 0.15) is 0 Å². The lowest BCUT2D eigenvalue weighted by Crippen LogP contribution is -2.09. The molecule has 0 aliphatic carbocycles. The second-order valence-electron chi connectivity index (χ2n) is 3.01. The van der Waals surface area contributed by atoms with Gasteiger partial charge in [-0.15, -0.1) is 0 Å². The zero-order valence-electron chi connectivity index (χ0n) is 8.94. The van der Waals surface area contributed by atoms with Crippen molar-refractivity contribution < 1.29 is 19.4 Å². The van der Waals surface area contributed by atoms with E-state index in [0.717, 1.165) is 12.2 Å². The van der Waals surface area contributed by atoms with Crippen LogP contribution in [-0.2, 0) is 9.59 Å². The first-order valence-electron chi connectivity index (χ1n) is 4.58. The zero-order chi connectivity index (χ0) is 12.8. The molecule has 0 saturated carbocycles. The van der Waals surface area contributed by atoms with Crippen molar-refractivity contribution in [2.24, 2.45) is 0 Å². The molecule has 0 bridgehead atoms. The summed E-state index contributed by atoms with van der Waals surface area (Å²) in [5.41, 5.74) is 0.375. The van der Waals surface area contributed by atoms with Crippen molar-refractivity contribution in [1.82, 2.24) is 0 Å². The topological polar surface area (TPSA) is 75.6 Å². The van der Waals surface area contributed by atoms with E-state index in [2.05, 4.69) is 5.32 Å². The highest BCUT2D eigenvalue weighted by Crippen LogP contribution is 2.27. The van der Waals surface area contributed by atoms with Crippen LogP contribution in [0.2, 0.25) is 5.02 Å². The fourth-order valence-corrected chi connectivity index (χ4v) is 1.27. The van der Waals surface area contributed by atoms with E-state index < -0.39 is 11.9 Å². The molecule has 1 aromatic rings. The first-order chi connectivity index (χ1) is 8.02. The number of rotatable bonds is 4. The van der Waals surface area contributed by atoms with Gasteiger partial charge in [-0.3, -0.25) is 4.79 Å². The van der Waals surface area contributed by atoms with Gasteiger partial charge in [-0.05, 0) is 18.2 Å². The molecule has 17 heavy (non-hydrogen) atoms. The van der Waals surface area contributed by atoms with Crippen LogP contribution in [0, 0.1) is 0 Å². The van der Waals surface area contributed by atoms with Crippen LogP contribution in [0.25, 0.3) is 0 Å². The van der Waals surface area contributed by atoms with Gasteiger partial charge in [0.05, 0.1) is 12.8 Å². The maximum absolute atomic E-state index is 11.3. The molecule has 0 saturated heterocycles. The molecular formula is C11H10ClNO4. The summed E-state index contributed by atoms with van der Waals surface area (Å²) in [7, 11) is 1.45. The second-order valence-corrected chi connectivity index (χ2v) is 3.44. The van der Waals surface area contributed by atoms with Crippen LogP contribution in [0.15, 0.2) is 30.4 Å². The Balaban J connectivity index is 2.83. The standard InChI is InChI=1S/C11H10ClNO4/c1-17-9-3-2-7(12)6-8(9)13-10(14)4-5-11(15)16/h2-6H,1H3,(H,13,14)(H,15,16). The van der Waals surface area contributed by atoms with Crippen molar-refractivity contribution in [3.05, 3.63) is 35.4 Å². The van der Waals surface area contributed by atoms with Crippen molar-refractivity contribution >= 4 is 29.2 Å². The van der Waals surface area contributed by atoms with E-state index in [4.69, 9.17) is 21.4 Å². The van der Waals surface area contributed by atoms with Gasteiger partial charge in [0.1, 0.15) is 5.75 Å². The minimum absolute atomic E-state index is 0.375. The Morgan fingerprint density at radius 1 is 1.41 bits per heavy atom. The van der Waals surface area contributed by atoms with Gasteiger partial charge in [0, 0.05) is 17.2 Å².